The molecular formula is C17H27N3. The van der Waals surface area contributed by atoms with Crippen LogP contribution in [0.1, 0.15) is 57.6 Å². The average Bonchev–Trinajstić information content (AvgIpc) is 3.36. The molecule has 2 saturated carbocycles. The standard InChI is InChI=1S/C17H27N3/c1-3-10-18-13(2)15-6-9-17(19-11-15)20(16-7-8-16)12-14-4-5-14/h6,9,11,13-14,16,18H,3-5,7-8,10,12H2,1-2H3. The zero-order chi connectivity index (χ0) is 13.9. The van der Waals surface area contributed by atoms with Gasteiger partial charge in [0, 0.05) is 24.8 Å². The summed E-state index contributed by atoms with van der Waals surface area (Å²) in [5.41, 5.74) is 1.30. The maximum atomic E-state index is 4.74. The molecule has 0 spiro atoms. The zero-order valence-corrected chi connectivity index (χ0v) is 12.8. The summed E-state index contributed by atoms with van der Waals surface area (Å²) in [6.45, 7) is 6.71. The van der Waals surface area contributed by atoms with Gasteiger partial charge in [0.2, 0.25) is 0 Å². The van der Waals surface area contributed by atoms with Gasteiger partial charge in [0.1, 0.15) is 5.82 Å². The Morgan fingerprint density at radius 2 is 2.10 bits per heavy atom. The Bertz CT molecular complexity index is 420. The molecule has 1 atom stereocenters. The topological polar surface area (TPSA) is 28.2 Å². The summed E-state index contributed by atoms with van der Waals surface area (Å²) in [6.07, 6.45) is 8.77. The fraction of sp³-hybridized carbons (Fsp3) is 0.706. The Kier molecular flexibility index (Phi) is 4.25. The Morgan fingerprint density at radius 1 is 1.30 bits per heavy atom. The molecule has 110 valence electrons. The van der Waals surface area contributed by atoms with Gasteiger partial charge < -0.3 is 10.2 Å². The van der Waals surface area contributed by atoms with Gasteiger partial charge in [-0.05, 0) is 63.1 Å². The predicted octanol–water partition coefficient (Wildman–Crippen LogP) is 3.52. The lowest BCUT2D eigenvalue weighted by Crippen LogP contribution is -2.29. The molecule has 3 nitrogen and oxygen atoms in total. The first-order valence-corrected chi connectivity index (χ1v) is 8.24. The van der Waals surface area contributed by atoms with E-state index in [4.69, 9.17) is 4.98 Å². The molecule has 1 unspecified atom stereocenters. The quantitative estimate of drug-likeness (QED) is 0.785. The number of rotatable bonds is 8. The summed E-state index contributed by atoms with van der Waals surface area (Å²) in [5, 5.41) is 3.52. The van der Waals surface area contributed by atoms with E-state index >= 15 is 0 Å². The third-order valence-electron chi connectivity index (χ3n) is 4.41. The molecule has 0 bridgehead atoms. The van der Waals surface area contributed by atoms with Crippen molar-refractivity contribution in [1.82, 2.24) is 10.3 Å². The van der Waals surface area contributed by atoms with Crippen LogP contribution in [-0.4, -0.2) is 24.1 Å². The van der Waals surface area contributed by atoms with Crippen LogP contribution in [0.25, 0.3) is 0 Å². The van der Waals surface area contributed by atoms with Crippen molar-refractivity contribution in [3.05, 3.63) is 23.9 Å². The first-order valence-electron chi connectivity index (χ1n) is 8.24. The normalized spacial score (nSPS) is 19.9. The van der Waals surface area contributed by atoms with Gasteiger partial charge in [0.05, 0.1) is 0 Å². The summed E-state index contributed by atoms with van der Waals surface area (Å²) in [4.78, 5) is 7.28. The van der Waals surface area contributed by atoms with Gasteiger partial charge in [0.15, 0.2) is 0 Å². The van der Waals surface area contributed by atoms with Gasteiger partial charge in [-0.1, -0.05) is 13.0 Å². The highest BCUT2D eigenvalue weighted by Gasteiger charge is 2.34. The van der Waals surface area contributed by atoms with E-state index in [1.807, 2.05) is 0 Å². The monoisotopic (exact) mass is 273 g/mol. The SMILES string of the molecule is CCCNC(C)c1ccc(N(CC2CC2)C2CC2)nc1. The van der Waals surface area contributed by atoms with E-state index in [0.717, 1.165) is 18.5 Å². The largest absolute Gasteiger partial charge is 0.353 e. The van der Waals surface area contributed by atoms with E-state index in [-0.39, 0.29) is 0 Å². The third kappa shape index (κ3) is 3.51. The number of aromatic nitrogens is 1. The molecular weight excluding hydrogens is 246 g/mol. The second-order valence-corrected chi connectivity index (χ2v) is 6.45. The summed E-state index contributed by atoms with van der Waals surface area (Å²) < 4.78 is 0. The van der Waals surface area contributed by atoms with Crippen LogP contribution in [0.3, 0.4) is 0 Å². The van der Waals surface area contributed by atoms with E-state index in [2.05, 4.69) is 42.4 Å². The molecule has 2 fully saturated rings. The van der Waals surface area contributed by atoms with Crippen molar-refractivity contribution in [2.75, 3.05) is 18.0 Å². The van der Waals surface area contributed by atoms with E-state index in [9.17, 15) is 0 Å². The highest BCUT2D eigenvalue weighted by Crippen LogP contribution is 2.37. The lowest BCUT2D eigenvalue weighted by Gasteiger charge is -2.24. The fourth-order valence-electron chi connectivity index (χ4n) is 2.70. The third-order valence-corrected chi connectivity index (χ3v) is 4.41. The fourth-order valence-corrected chi connectivity index (χ4v) is 2.70. The maximum Gasteiger partial charge on any atom is 0.128 e. The Morgan fingerprint density at radius 3 is 2.65 bits per heavy atom. The number of nitrogens with one attached hydrogen (secondary N) is 1. The average molecular weight is 273 g/mol. The minimum Gasteiger partial charge on any atom is -0.353 e. The molecule has 0 radical (unpaired) electrons. The maximum absolute atomic E-state index is 4.74. The highest BCUT2D eigenvalue weighted by atomic mass is 15.2. The molecule has 3 rings (SSSR count). The van der Waals surface area contributed by atoms with Gasteiger partial charge in [-0.25, -0.2) is 4.98 Å². The van der Waals surface area contributed by atoms with Crippen LogP contribution in [0.15, 0.2) is 18.3 Å². The predicted molar refractivity (Wildman–Crippen MR) is 84.0 cm³/mol. The van der Waals surface area contributed by atoms with Crippen LogP contribution in [0.2, 0.25) is 0 Å². The number of anilines is 1. The molecule has 1 aromatic heterocycles. The summed E-state index contributed by atoms with van der Waals surface area (Å²) in [6, 6.07) is 5.64. The molecule has 2 aliphatic carbocycles. The van der Waals surface area contributed by atoms with Crippen LogP contribution in [0.4, 0.5) is 5.82 Å². The summed E-state index contributed by atoms with van der Waals surface area (Å²) in [7, 11) is 0. The van der Waals surface area contributed by atoms with E-state index in [0.29, 0.717) is 6.04 Å². The van der Waals surface area contributed by atoms with Crippen molar-refractivity contribution in [2.45, 2.75) is 58.0 Å². The Hall–Kier alpha value is -1.09. The Balaban J connectivity index is 1.64. The molecule has 0 aliphatic heterocycles. The highest BCUT2D eigenvalue weighted by molar-refractivity contribution is 5.43. The molecule has 0 amide bonds. The summed E-state index contributed by atoms with van der Waals surface area (Å²) >= 11 is 0. The van der Waals surface area contributed by atoms with Crippen molar-refractivity contribution >= 4 is 5.82 Å². The van der Waals surface area contributed by atoms with Gasteiger partial charge >= 0.3 is 0 Å². The molecule has 2 aliphatic rings. The number of hydrogen-bond acceptors (Lipinski definition) is 3. The van der Waals surface area contributed by atoms with Gasteiger partial charge in [-0.2, -0.15) is 0 Å². The van der Waals surface area contributed by atoms with Gasteiger partial charge in [-0.3, -0.25) is 0 Å². The molecule has 3 heteroatoms. The Labute approximate surface area is 122 Å². The zero-order valence-electron chi connectivity index (χ0n) is 12.8. The van der Waals surface area contributed by atoms with E-state index in [1.54, 1.807) is 0 Å². The molecule has 20 heavy (non-hydrogen) atoms. The lowest BCUT2D eigenvalue weighted by atomic mass is 10.1. The van der Waals surface area contributed by atoms with Crippen LogP contribution in [0.5, 0.6) is 0 Å². The lowest BCUT2D eigenvalue weighted by molar-refractivity contribution is 0.569. The molecule has 1 N–H and O–H groups in total. The van der Waals surface area contributed by atoms with Crippen LogP contribution < -0.4 is 10.2 Å². The van der Waals surface area contributed by atoms with Crippen molar-refractivity contribution in [2.24, 2.45) is 5.92 Å². The second kappa shape index (κ2) is 6.13. The number of hydrogen-bond donors (Lipinski definition) is 1. The number of nitrogens with zero attached hydrogens (tertiary/aromatic N) is 2. The number of pyridine rings is 1. The van der Waals surface area contributed by atoms with Crippen molar-refractivity contribution < 1.29 is 0 Å². The van der Waals surface area contributed by atoms with Crippen molar-refractivity contribution in [3.8, 4) is 0 Å². The minimum atomic E-state index is 0.398. The second-order valence-electron chi connectivity index (χ2n) is 6.45. The van der Waals surface area contributed by atoms with Gasteiger partial charge in [-0.15, -0.1) is 0 Å². The minimum absolute atomic E-state index is 0.398. The molecule has 0 saturated heterocycles. The molecule has 1 aromatic rings. The van der Waals surface area contributed by atoms with Gasteiger partial charge in [0.25, 0.3) is 0 Å². The summed E-state index contributed by atoms with van der Waals surface area (Å²) in [5.74, 6) is 2.12. The first-order chi connectivity index (χ1) is 9.78. The van der Waals surface area contributed by atoms with Crippen LogP contribution >= 0.6 is 0 Å². The van der Waals surface area contributed by atoms with Crippen LogP contribution in [-0.2, 0) is 0 Å². The van der Waals surface area contributed by atoms with E-state index in [1.165, 1.54) is 50.0 Å². The van der Waals surface area contributed by atoms with Crippen molar-refractivity contribution in [1.29, 1.82) is 0 Å². The van der Waals surface area contributed by atoms with Crippen molar-refractivity contribution in [3.63, 3.8) is 0 Å². The van der Waals surface area contributed by atoms with Crippen LogP contribution in [0, 0.1) is 5.92 Å². The first kappa shape index (κ1) is 13.9. The molecule has 0 aromatic carbocycles. The molecule has 1 heterocycles. The smallest absolute Gasteiger partial charge is 0.128 e. The van der Waals surface area contributed by atoms with E-state index < -0.39 is 0 Å².